The Morgan fingerprint density at radius 2 is 2.17 bits per heavy atom. The second kappa shape index (κ2) is 0.899. The van der Waals surface area contributed by atoms with Gasteiger partial charge in [0.15, 0.2) is 5.88 Å². The van der Waals surface area contributed by atoms with E-state index >= 15 is 0 Å². The SMILES string of the molecule is NC(O)=C1CC1. The minimum absolute atomic E-state index is 0.0370. The zero-order valence-electron chi connectivity index (χ0n) is 3.44. The number of rotatable bonds is 0. The molecule has 6 heavy (non-hydrogen) atoms. The van der Waals surface area contributed by atoms with Gasteiger partial charge in [0.2, 0.25) is 0 Å². The van der Waals surface area contributed by atoms with E-state index in [0.29, 0.717) is 0 Å². The maximum absolute atomic E-state index is 8.35. The lowest BCUT2D eigenvalue weighted by Crippen LogP contribution is -1.92. The Morgan fingerprint density at radius 3 is 2.17 bits per heavy atom. The number of hydrogen-bond donors (Lipinski definition) is 2. The molecule has 0 unspecified atom stereocenters. The smallest absolute Gasteiger partial charge is 0.180 e. The first-order valence-electron chi connectivity index (χ1n) is 1.97. The molecule has 1 aliphatic rings. The Bertz CT molecular complexity index is 85.7. The van der Waals surface area contributed by atoms with Crippen molar-refractivity contribution in [3.63, 3.8) is 0 Å². The van der Waals surface area contributed by atoms with E-state index in [1.165, 1.54) is 0 Å². The largest absolute Gasteiger partial charge is 0.495 e. The molecule has 0 heterocycles. The molecule has 0 saturated heterocycles. The lowest BCUT2D eigenvalue weighted by molar-refractivity contribution is 0.402. The van der Waals surface area contributed by atoms with Gasteiger partial charge >= 0.3 is 0 Å². The summed E-state index contributed by atoms with van der Waals surface area (Å²) in [7, 11) is 0. The van der Waals surface area contributed by atoms with Gasteiger partial charge in [-0.1, -0.05) is 0 Å². The Kier molecular flexibility index (Phi) is 0.528. The fraction of sp³-hybridized carbons (Fsp3) is 0.500. The van der Waals surface area contributed by atoms with Crippen molar-refractivity contribution in [2.45, 2.75) is 12.8 Å². The van der Waals surface area contributed by atoms with Crippen LogP contribution in [0.2, 0.25) is 0 Å². The van der Waals surface area contributed by atoms with Gasteiger partial charge in [0.25, 0.3) is 0 Å². The van der Waals surface area contributed by atoms with Gasteiger partial charge in [0.1, 0.15) is 0 Å². The molecule has 0 radical (unpaired) electrons. The zero-order chi connectivity index (χ0) is 4.57. The van der Waals surface area contributed by atoms with Crippen LogP contribution in [0.4, 0.5) is 0 Å². The highest BCUT2D eigenvalue weighted by Gasteiger charge is 2.14. The molecule has 0 bridgehead atoms. The van der Waals surface area contributed by atoms with Gasteiger partial charge in [-0.05, 0) is 18.4 Å². The summed E-state index contributed by atoms with van der Waals surface area (Å²) < 4.78 is 0. The Morgan fingerprint density at radius 1 is 1.67 bits per heavy atom. The van der Waals surface area contributed by atoms with Crippen LogP contribution in [0.25, 0.3) is 0 Å². The summed E-state index contributed by atoms with van der Waals surface area (Å²) in [5.74, 6) is 0.0370. The summed E-state index contributed by atoms with van der Waals surface area (Å²) in [6, 6.07) is 0. The summed E-state index contributed by atoms with van der Waals surface area (Å²) in [5.41, 5.74) is 5.94. The van der Waals surface area contributed by atoms with Crippen LogP contribution in [0.5, 0.6) is 0 Å². The van der Waals surface area contributed by atoms with Gasteiger partial charge in [0, 0.05) is 0 Å². The number of hydrogen-bond acceptors (Lipinski definition) is 2. The first kappa shape index (κ1) is 3.53. The van der Waals surface area contributed by atoms with Gasteiger partial charge in [0.05, 0.1) is 0 Å². The van der Waals surface area contributed by atoms with Crippen LogP contribution < -0.4 is 5.73 Å². The molecule has 2 nitrogen and oxygen atoms in total. The zero-order valence-corrected chi connectivity index (χ0v) is 3.44. The fourth-order valence-electron chi connectivity index (χ4n) is 0.319. The first-order valence-corrected chi connectivity index (χ1v) is 1.97. The predicted molar refractivity (Wildman–Crippen MR) is 23.1 cm³/mol. The van der Waals surface area contributed by atoms with E-state index in [1.807, 2.05) is 0 Å². The molecular formula is C4H7NO. The monoisotopic (exact) mass is 85.1 g/mol. The molecule has 1 saturated carbocycles. The molecule has 34 valence electrons. The van der Waals surface area contributed by atoms with Crippen LogP contribution in [0.1, 0.15) is 12.8 Å². The van der Waals surface area contributed by atoms with Crippen LogP contribution in [0, 0.1) is 0 Å². The third-order valence-corrected chi connectivity index (χ3v) is 0.862. The lowest BCUT2D eigenvalue weighted by Gasteiger charge is -1.78. The van der Waals surface area contributed by atoms with E-state index in [0.717, 1.165) is 18.4 Å². The molecule has 0 atom stereocenters. The van der Waals surface area contributed by atoms with Gasteiger partial charge in [-0.25, -0.2) is 0 Å². The van der Waals surface area contributed by atoms with Gasteiger partial charge in [-0.3, -0.25) is 0 Å². The highest BCUT2D eigenvalue weighted by molar-refractivity contribution is 5.17. The van der Waals surface area contributed by atoms with Crippen molar-refractivity contribution < 1.29 is 5.11 Å². The van der Waals surface area contributed by atoms with Crippen molar-refractivity contribution in [2.75, 3.05) is 0 Å². The summed E-state index contributed by atoms with van der Waals surface area (Å²) in [4.78, 5) is 0. The van der Waals surface area contributed by atoms with Crippen molar-refractivity contribution in [3.8, 4) is 0 Å². The van der Waals surface area contributed by atoms with Crippen LogP contribution in [0.3, 0.4) is 0 Å². The van der Waals surface area contributed by atoms with E-state index in [-0.39, 0.29) is 5.88 Å². The number of nitrogens with two attached hydrogens (primary N) is 1. The maximum Gasteiger partial charge on any atom is 0.180 e. The number of allylic oxidation sites excluding steroid dienone is 1. The van der Waals surface area contributed by atoms with Crippen molar-refractivity contribution in [3.05, 3.63) is 11.5 Å². The van der Waals surface area contributed by atoms with Gasteiger partial charge < -0.3 is 10.8 Å². The average Bonchev–Trinajstić information content (AvgIpc) is 2.06. The average molecular weight is 85.1 g/mol. The Balaban J connectivity index is 2.61. The number of aliphatic hydroxyl groups is 1. The summed E-state index contributed by atoms with van der Waals surface area (Å²) in [5, 5.41) is 8.35. The van der Waals surface area contributed by atoms with Crippen LogP contribution in [-0.4, -0.2) is 5.11 Å². The maximum atomic E-state index is 8.35. The minimum atomic E-state index is 0.0370. The molecule has 0 aromatic carbocycles. The van der Waals surface area contributed by atoms with Gasteiger partial charge in [-0.15, -0.1) is 0 Å². The van der Waals surface area contributed by atoms with E-state index < -0.39 is 0 Å². The van der Waals surface area contributed by atoms with Crippen molar-refractivity contribution in [1.82, 2.24) is 0 Å². The molecule has 0 spiro atoms. The summed E-state index contributed by atoms with van der Waals surface area (Å²) in [6.07, 6.45) is 2.00. The molecule has 1 aliphatic carbocycles. The third kappa shape index (κ3) is 0.455. The third-order valence-electron chi connectivity index (χ3n) is 0.862. The molecule has 3 N–H and O–H groups in total. The van der Waals surface area contributed by atoms with Crippen molar-refractivity contribution >= 4 is 0 Å². The molecule has 0 aromatic rings. The first-order chi connectivity index (χ1) is 2.80. The van der Waals surface area contributed by atoms with Crippen molar-refractivity contribution in [2.24, 2.45) is 5.73 Å². The topological polar surface area (TPSA) is 46.2 Å². The predicted octanol–water partition coefficient (Wildman–Crippen LogP) is 0.508. The van der Waals surface area contributed by atoms with Crippen LogP contribution >= 0.6 is 0 Å². The van der Waals surface area contributed by atoms with Crippen LogP contribution in [0.15, 0.2) is 11.5 Å². The molecule has 1 fully saturated rings. The highest BCUT2D eigenvalue weighted by Crippen LogP contribution is 2.28. The molecule has 0 amide bonds. The minimum Gasteiger partial charge on any atom is -0.495 e. The molecule has 1 rings (SSSR count). The molecule has 0 aliphatic heterocycles. The standard InChI is InChI=1S/C4H7NO/c5-4(6)3-1-2-3/h6H,1-2,5H2. The van der Waals surface area contributed by atoms with E-state index in [4.69, 9.17) is 10.8 Å². The van der Waals surface area contributed by atoms with Gasteiger partial charge in [-0.2, -0.15) is 0 Å². The summed E-state index contributed by atoms with van der Waals surface area (Å²) in [6.45, 7) is 0. The second-order valence-electron chi connectivity index (χ2n) is 1.49. The normalized spacial score (nSPS) is 17.7. The molecule has 2 heteroatoms. The van der Waals surface area contributed by atoms with Crippen molar-refractivity contribution in [1.29, 1.82) is 0 Å². The van der Waals surface area contributed by atoms with E-state index in [9.17, 15) is 0 Å². The second-order valence-corrected chi connectivity index (χ2v) is 1.49. The Labute approximate surface area is 36.3 Å². The van der Waals surface area contributed by atoms with E-state index in [1.54, 1.807) is 0 Å². The van der Waals surface area contributed by atoms with E-state index in [2.05, 4.69) is 0 Å². The quantitative estimate of drug-likeness (QED) is 0.421. The fourth-order valence-corrected chi connectivity index (χ4v) is 0.319. The molecule has 0 aromatic heterocycles. The summed E-state index contributed by atoms with van der Waals surface area (Å²) >= 11 is 0. The highest BCUT2D eigenvalue weighted by atomic mass is 16.3. The van der Waals surface area contributed by atoms with Crippen LogP contribution in [-0.2, 0) is 0 Å². The Hall–Kier alpha value is -0.660. The number of aliphatic hydroxyl groups excluding tert-OH is 1. The molecular weight excluding hydrogens is 78.0 g/mol. The lowest BCUT2D eigenvalue weighted by atomic mass is 10.6.